The standard InChI is InChI=1S/C25H24N4O2S/c1-18(30)26-20-10-7-11-21(16-20)27-24(31)17-32-25-28-22-12-5-6-13-23(22)29(25)15-14-19-8-3-2-4-9-19/h2-13,16H,14-15,17H2,1H3,(H,26,30)(H,27,31). The molecule has 0 saturated carbocycles. The van der Waals surface area contributed by atoms with E-state index in [1.165, 1.54) is 24.2 Å². The maximum atomic E-state index is 12.6. The highest BCUT2D eigenvalue weighted by Gasteiger charge is 2.13. The number of anilines is 2. The van der Waals surface area contributed by atoms with Gasteiger partial charge in [0.15, 0.2) is 5.16 Å². The summed E-state index contributed by atoms with van der Waals surface area (Å²) in [5.41, 5.74) is 4.53. The molecule has 0 spiro atoms. The number of rotatable bonds is 8. The van der Waals surface area contributed by atoms with Gasteiger partial charge in [0.25, 0.3) is 0 Å². The molecule has 4 aromatic rings. The van der Waals surface area contributed by atoms with E-state index in [1.54, 1.807) is 24.3 Å². The predicted octanol–water partition coefficient (Wildman–Crippen LogP) is 4.97. The second-order valence-corrected chi connectivity index (χ2v) is 8.31. The smallest absolute Gasteiger partial charge is 0.234 e. The first-order valence-corrected chi connectivity index (χ1v) is 11.4. The van der Waals surface area contributed by atoms with Crippen LogP contribution in [0.2, 0.25) is 0 Å². The maximum absolute atomic E-state index is 12.6. The van der Waals surface area contributed by atoms with Crippen LogP contribution in [0.1, 0.15) is 12.5 Å². The number of aryl methyl sites for hydroxylation is 2. The van der Waals surface area contributed by atoms with E-state index in [2.05, 4.69) is 33.4 Å². The number of nitrogens with one attached hydrogen (secondary N) is 2. The lowest BCUT2D eigenvalue weighted by molar-refractivity contribution is -0.114. The van der Waals surface area contributed by atoms with Gasteiger partial charge in [-0.05, 0) is 42.3 Å². The minimum Gasteiger partial charge on any atom is -0.326 e. The van der Waals surface area contributed by atoms with Crippen molar-refractivity contribution in [2.24, 2.45) is 0 Å². The van der Waals surface area contributed by atoms with Gasteiger partial charge in [-0.1, -0.05) is 60.3 Å². The van der Waals surface area contributed by atoms with Crippen molar-refractivity contribution in [1.82, 2.24) is 9.55 Å². The number of carbonyl (C=O) groups is 2. The average molecular weight is 445 g/mol. The van der Waals surface area contributed by atoms with Gasteiger partial charge < -0.3 is 15.2 Å². The molecule has 0 aliphatic heterocycles. The number of carbonyl (C=O) groups excluding carboxylic acids is 2. The first-order valence-electron chi connectivity index (χ1n) is 10.4. The van der Waals surface area contributed by atoms with Crippen LogP contribution in [0.25, 0.3) is 11.0 Å². The van der Waals surface area contributed by atoms with E-state index >= 15 is 0 Å². The molecule has 32 heavy (non-hydrogen) atoms. The van der Waals surface area contributed by atoms with Crippen molar-refractivity contribution in [3.63, 3.8) is 0 Å². The largest absolute Gasteiger partial charge is 0.326 e. The SMILES string of the molecule is CC(=O)Nc1cccc(NC(=O)CSc2nc3ccccc3n2CCc2ccccc2)c1. The minimum absolute atomic E-state index is 0.128. The Labute approximate surface area is 191 Å². The second-order valence-electron chi connectivity index (χ2n) is 7.37. The summed E-state index contributed by atoms with van der Waals surface area (Å²) in [5.74, 6) is -0.0472. The average Bonchev–Trinajstić information content (AvgIpc) is 3.14. The molecule has 6 nitrogen and oxygen atoms in total. The van der Waals surface area contributed by atoms with Gasteiger partial charge in [-0.2, -0.15) is 0 Å². The van der Waals surface area contributed by atoms with E-state index in [1.807, 2.05) is 36.4 Å². The van der Waals surface area contributed by atoms with Crippen molar-refractivity contribution < 1.29 is 9.59 Å². The molecule has 162 valence electrons. The number of imidazole rings is 1. The number of nitrogens with zero attached hydrogens (tertiary/aromatic N) is 2. The summed E-state index contributed by atoms with van der Waals surface area (Å²) in [7, 11) is 0. The van der Waals surface area contributed by atoms with Gasteiger partial charge in [-0.25, -0.2) is 4.98 Å². The van der Waals surface area contributed by atoms with Gasteiger partial charge in [0.2, 0.25) is 11.8 Å². The molecule has 2 amide bonds. The number of para-hydroxylation sites is 2. The lowest BCUT2D eigenvalue weighted by Crippen LogP contribution is -2.15. The van der Waals surface area contributed by atoms with Gasteiger partial charge in [0.1, 0.15) is 0 Å². The normalized spacial score (nSPS) is 10.8. The highest BCUT2D eigenvalue weighted by atomic mass is 32.2. The summed E-state index contributed by atoms with van der Waals surface area (Å²) in [4.78, 5) is 28.6. The van der Waals surface area contributed by atoms with Crippen molar-refractivity contribution in [2.45, 2.75) is 25.0 Å². The van der Waals surface area contributed by atoms with Crippen LogP contribution < -0.4 is 10.6 Å². The molecule has 0 bridgehead atoms. The predicted molar refractivity (Wildman–Crippen MR) is 130 cm³/mol. The van der Waals surface area contributed by atoms with Crippen molar-refractivity contribution in [3.8, 4) is 0 Å². The summed E-state index contributed by atoms with van der Waals surface area (Å²) < 4.78 is 2.18. The topological polar surface area (TPSA) is 76.0 Å². The minimum atomic E-state index is -0.154. The second kappa shape index (κ2) is 10.2. The lowest BCUT2D eigenvalue weighted by Gasteiger charge is -2.10. The number of aromatic nitrogens is 2. The van der Waals surface area contributed by atoms with Crippen LogP contribution in [0.4, 0.5) is 11.4 Å². The highest BCUT2D eigenvalue weighted by Crippen LogP contribution is 2.25. The van der Waals surface area contributed by atoms with Crippen LogP contribution in [-0.4, -0.2) is 27.1 Å². The van der Waals surface area contributed by atoms with Crippen molar-refractivity contribution in [3.05, 3.63) is 84.4 Å². The third kappa shape index (κ3) is 5.56. The van der Waals surface area contributed by atoms with Crippen molar-refractivity contribution >= 4 is 46.0 Å². The molecule has 0 saturated heterocycles. The number of thioether (sulfide) groups is 1. The maximum Gasteiger partial charge on any atom is 0.234 e. The first-order chi connectivity index (χ1) is 15.6. The molecular formula is C25H24N4O2S. The summed E-state index contributed by atoms with van der Waals surface area (Å²) >= 11 is 1.42. The van der Waals surface area contributed by atoms with Crippen LogP contribution in [0.3, 0.4) is 0 Å². The monoisotopic (exact) mass is 444 g/mol. The summed E-state index contributed by atoms with van der Waals surface area (Å²) in [5, 5.41) is 6.43. The molecule has 0 aliphatic carbocycles. The number of amides is 2. The Hall–Kier alpha value is -3.58. The summed E-state index contributed by atoms with van der Waals surface area (Å²) in [6, 6.07) is 25.5. The Kier molecular flexibility index (Phi) is 6.87. The van der Waals surface area contributed by atoms with E-state index in [0.29, 0.717) is 11.4 Å². The molecule has 0 fully saturated rings. The molecule has 1 heterocycles. The van der Waals surface area contributed by atoms with Gasteiger partial charge in [-0.3, -0.25) is 9.59 Å². The fraction of sp³-hybridized carbons (Fsp3) is 0.160. The van der Waals surface area contributed by atoms with E-state index in [-0.39, 0.29) is 17.6 Å². The molecule has 3 aromatic carbocycles. The molecular weight excluding hydrogens is 420 g/mol. The van der Waals surface area contributed by atoms with Crippen LogP contribution >= 0.6 is 11.8 Å². The fourth-order valence-electron chi connectivity index (χ4n) is 3.47. The Morgan fingerprint density at radius 2 is 1.62 bits per heavy atom. The van der Waals surface area contributed by atoms with Crippen molar-refractivity contribution in [1.29, 1.82) is 0 Å². The molecule has 0 aliphatic rings. The summed E-state index contributed by atoms with van der Waals surface area (Å²) in [6.07, 6.45) is 0.886. The molecule has 0 atom stereocenters. The molecule has 1 aromatic heterocycles. The van der Waals surface area contributed by atoms with Gasteiger partial charge in [-0.15, -0.1) is 0 Å². The third-order valence-corrected chi connectivity index (χ3v) is 5.86. The Bertz CT molecular complexity index is 1240. The Morgan fingerprint density at radius 1 is 0.906 bits per heavy atom. The van der Waals surface area contributed by atoms with E-state index < -0.39 is 0 Å². The third-order valence-electron chi connectivity index (χ3n) is 4.89. The van der Waals surface area contributed by atoms with Gasteiger partial charge in [0, 0.05) is 24.8 Å². The fourth-order valence-corrected chi connectivity index (χ4v) is 4.31. The highest BCUT2D eigenvalue weighted by molar-refractivity contribution is 7.99. The summed E-state index contributed by atoms with van der Waals surface area (Å²) in [6.45, 7) is 2.24. The van der Waals surface area contributed by atoms with Crippen LogP contribution in [0.15, 0.2) is 84.0 Å². The van der Waals surface area contributed by atoms with Crippen LogP contribution in [-0.2, 0) is 22.6 Å². The zero-order valence-corrected chi connectivity index (χ0v) is 18.6. The molecule has 7 heteroatoms. The van der Waals surface area contributed by atoms with Crippen LogP contribution in [0, 0.1) is 0 Å². The van der Waals surface area contributed by atoms with E-state index in [4.69, 9.17) is 4.98 Å². The quantitative estimate of drug-likeness (QED) is 0.376. The van der Waals surface area contributed by atoms with E-state index in [9.17, 15) is 9.59 Å². The van der Waals surface area contributed by atoms with E-state index in [0.717, 1.165) is 29.2 Å². The Balaban J connectivity index is 1.44. The Morgan fingerprint density at radius 3 is 2.41 bits per heavy atom. The molecule has 0 unspecified atom stereocenters. The zero-order valence-electron chi connectivity index (χ0n) is 17.7. The van der Waals surface area contributed by atoms with Crippen LogP contribution in [0.5, 0.6) is 0 Å². The number of hydrogen-bond acceptors (Lipinski definition) is 4. The first kappa shape index (κ1) is 21.6. The molecule has 2 N–H and O–H groups in total. The van der Waals surface area contributed by atoms with Gasteiger partial charge in [0.05, 0.1) is 16.8 Å². The lowest BCUT2D eigenvalue weighted by atomic mass is 10.1. The number of benzene rings is 3. The van der Waals surface area contributed by atoms with Gasteiger partial charge >= 0.3 is 0 Å². The molecule has 4 rings (SSSR count). The number of hydrogen-bond donors (Lipinski definition) is 2. The molecule has 0 radical (unpaired) electrons. The zero-order chi connectivity index (χ0) is 22.3. The number of fused-ring (bicyclic) bond motifs is 1. The van der Waals surface area contributed by atoms with Crippen molar-refractivity contribution in [2.75, 3.05) is 16.4 Å².